The number of pyridine rings is 1. The number of carboxylic acids is 1. The van der Waals surface area contributed by atoms with Gasteiger partial charge in [0.2, 0.25) is 5.43 Å². The van der Waals surface area contributed by atoms with Crippen LogP contribution < -0.4 is 32.0 Å². The second kappa shape index (κ2) is 15.5. The predicted octanol–water partition coefficient (Wildman–Crippen LogP) is 2.43. The minimum absolute atomic E-state index is 0.0472. The molecule has 0 saturated heterocycles. The number of nitrogens with zero attached hydrogens (tertiary/aromatic N) is 1. The number of benzene rings is 3. The van der Waals surface area contributed by atoms with E-state index in [-0.39, 0.29) is 18.5 Å². The second-order valence-electron chi connectivity index (χ2n) is 10.8. The van der Waals surface area contributed by atoms with Crippen molar-refractivity contribution in [3.05, 3.63) is 130 Å². The fraction of sp³-hybridized carbons (Fsp3) is 0.235. The number of aryl methyl sites for hydroxylation is 2. The molecular weight excluding hydrogens is 588 g/mol. The maximum Gasteiger partial charge on any atom is 0.408 e. The van der Waals surface area contributed by atoms with Crippen LogP contribution in [0.1, 0.15) is 27.0 Å². The number of alkyl carbamates (subject to hydrolysis) is 1. The maximum atomic E-state index is 13.6. The third-order valence-corrected chi connectivity index (χ3v) is 7.48. The number of hydrogen-bond donors (Lipinski definition) is 6. The van der Waals surface area contributed by atoms with Crippen LogP contribution in [-0.4, -0.2) is 53.1 Å². The number of rotatable bonds is 13. The number of carboxylic acid groups (broad SMARTS) is 1. The Hall–Kier alpha value is -5.46. The zero-order valence-electron chi connectivity index (χ0n) is 25.1. The zero-order valence-corrected chi connectivity index (χ0v) is 25.1. The Morgan fingerprint density at radius 3 is 2.41 bits per heavy atom. The van der Waals surface area contributed by atoms with Gasteiger partial charge in [-0.15, -0.1) is 0 Å². The molecule has 1 aliphatic rings. The van der Waals surface area contributed by atoms with E-state index in [1.54, 1.807) is 30.3 Å². The number of hydrogen-bond acceptors (Lipinski definition) is 8. The van der Waals surface area contributed by atoms with E-state index in [4.69, 9.17) is 4.74 Å². The number of aliphatic carboxylic acids is 1. The van der Waals surface area contributed by atoms with E-state index in [1.807, 2.05) is 65.4 Å². The van der Waals surface area contributed by atoms with Crippen LogP contribution >= 0.6 is 0 Å². The van der Waals surface area contributed by atoms with Gasteiger partial charge in [0.25, 0.3) is 5.91 Å². The van der Waals surface area contributed by atoms with Gasteiger partial charge in [0.05, 0.1) is 5.52 Å². The highest BCUT2D eigenvalue weighted by Gasteiger charge is 2.23. The molecule has 0 saturated carbocycles. The second-order valence-corrected chi connectivity index (χ2v) is 10.8. The summed E-state index contributed by atoms with van der Waals surface area (Å²) >= 11 is 0. The predicted molar refractivity (Wildman–Crippen MR) is 173 cm³/mol. The first-order valence-electron chi connectivity index (χ1n) is 14.9. The fourth-order valence-corrected chi connectivity index (χ4v) is 5.00. The van der Waals surface area contributed by atoms with Crippen molar-refractivity contribution in [1.29, 1.82) is 0 Å². The molecule has 0 fully saturated rings. The molecule has 0 bridgehead atoms. The summed E-state index contributed by atoms with van der Waals surface area (Å²) in [5.74, 6) is -2.12. The molecular formula is C34H36N6O6. The SMILES string of the molecule is O=C(NC(CNC(=O)c1cn(CCc2ccccc2)c2cc(CNC3NC=CCN3)ccc2c1=O)C(=O)O)OCc1ccccc1. The third-order valence-electron chi connectivity index (χ3n) is 7.48. The van der Waals surface area contributed by atoms with Crippen LogP contribution in [0, 0.1) is 0 Å². The lowest BCUT2D eigenvalue weighted by Gasteiger charge is -2.23. The van der Waals surface area contributed by atoms with Crippen LogP contribution in [-0.2, 0) is 35.6 Å². The normalized spacial score (nSPS) is 14.7. The number of nitrogens with one attached hydrogen (secondary N) is 5. The maximum absolute atomic E-state index is 13.6. The van der Waals surface area contributed by atoms with Gasteiger partial charge in [0, 0.05) is 37.8 Å². The molecule has 2 atom stereocenters. The van der Waals surface area contributed by atoms with E-state index >= 15 is 0 Å². The molecule has 2 amide bonds. The van der Waals surface area contributed by atoms with Gasteiger partial charge >= 0.3 is 12.1 Å². The first kappa shape index (κ1) is 31.9. The summed E-state index contributed by atoms with van der Waals surface area (Å²) in [7, 11) is 0. The topological polar surface area (TPSA) is 163 Å². The van der Waals surface area contributed by atoms with E-state index in [0.29, 0.717) is 30.4 Å². The number of ether oxygens (including phenoxy) is 1. The average Bonchev–Trinajstić information content (AvgIpc) is 3.09. The minimum Gasteiger partial charge on any atom is -0.480 e. The van der Waals surface area contributed by atoms with Crippen LogP contribution in [0.4, 0.5) is 4.79 Å². The molecule has 2 unspecified atom stereocenters. The monoisotopic (exact) mass is 624 g/mol. The van der Waals surface area contributed by atoms with Gasteiger partial charge in [-0.25, -0.2) is 9.59 Å². The van der Waals surface area contributed by atoms with Crippen molar-refractivity contribution in [3.8, 4) is 0 Å². The molecule has 0 spiro atoms. The molecule has 1 aromatic heterocycles. The van der Waals surface area contributed by atoms with Gasteiger partial charge in [-0.2, -0.15) is 0 Å². The fourth-order valence-electron chi connectivity index (χ4n) is 5.00. The van der Waals surface area contributed by atoms with Crippen molar-refractivity contribution in [2.45, 2.75) is 38.4 Å². The Balaban J connectivity index is 1.32. The van der Waals surface area contributed by atoms with Crippen molar-refractivity contribution in [2.24, 2.45) is 0 Å². The quantitative estimate of drug-likeness (QED) is 0.131. The summed E-state index contributed by atoms with van der Waals surface area (Å²) in [6, 6.07) is 22.8. The lowest BCUT2D eigenvalue weighted by molar-refractivity contribution is -0.139. The summed E-state index contributed by atoms with van der Waals surface area (Å²) in [6.45, 7) is 1.25. The van der Waals surface area contributed by atoms with E-state index in [9.17, 15) is 24.3 Å². The Labute approximate surface area is 265 Å². The smallest absolute Gasteiger partial charge is 0.408 e. The van der Waals surface area contributed by atoms with Crippen molar-refractivity contribution in [2.75, 3.05) is 13.1 Å². The van der Waals surface area contributed by atoms with Gasteiger partial charge in [-0.05, 0) is 41.4 Å². The highest BCUT2D eigenvalue weighted by molar-refractivity contribution is 5.97. The lowest BCUT2D eigenvalue weighted by Crippen LogP contribution is -2.52. The summed E-state index contributed by atoms with van der Waals surface area (Å²) < 4.78 is 6.99. The average molecular weight is 625 g/mol. The molecule has 2 heterocycles. The molecule has 1 aliphatic heterocycles. The highest BCUT2D eigenvalue weighted by atomic mass is 16.5. The molecule has 12 heteroatoms. The van der Waals surface area contributed by atoms with Gasteiger partial charge in [-0.1, -0.05) is 72.8 Å². The van der Waals surface area contributed by atoms with Crippen molar-refractivity contribution >= 4 is 28.9 Å². The summed E-state index contributed by atoms with van der Waals surface area (Å²) in [5.41, 5.74) is 2.83. The molecule has 12 nitrogen and oxygen atoms in total. The number of carbonyl (C=O) groups is 3. The largest absolute Gasteiger partial charge is 0.480 e. The lowest BCUT2D eigenvalue weighted by atomic mass is 10.1. The minimum atomic E-state index is -1.48. The molecule has 0 radical (unpaired) electrons. The molecule has 4 aromatic rings. The number of amides is 2. The van der Waals surface area contributed by atoms with E-state index < -0.39 is 36.0 Å². The molecule has 0 aliphatic carbocycles. The van der Waals surface area contributed by atoms with E-state index in [1.165, 1.54) is 6.20 Å². The zero-order chi connectivity index (χ0) is 32.3. The third kappa shape index (κ3) is 8.58. The molecule has 3 aromatic carbocycles. The molecule has 46 heavy (non-hydrogen) atoms. The Morgan fingerprint density at radius 1 is 0.978 bits per heavy atom. The summed E-state index contributed by atoms with van der Waals surface area (Å²) in [5, 5.41) is 24.6. The summed E-state index contributed by atoms with van der Waals surface area (Å²) in [4.78, 5) is 51.0. The number of aromatic nitrogens is 1. The number of carbonyl (C=O) groups excluding carboxylic acids is 2. The van der Waals surface area contributed by atoms with Crippen molar-refractivity contribution < 1.29 is 24.2 Å². The van der Waals surface area contributed by atoms with E-state index in [0.717, 1.165) is 23.2 Å². The Bertz CT molecular complexity index is 1760. The van der Waals surface area contributed by atoms with Gasteiger partial charge in [0.15, 0.2) is 0 Å². The first-order valence-corrected chi connectivity index (χ1v) is 14.9. The van der Waals surface area contributed by atoms with Crippen LogP contribution in [0.5, 0.6) is 0 Å². The van der Waals surface area contributed by atoms with Crippen LogP contribution in [0.25, 0.3) is 10.9 Å². The van der Waals surface area contributed by atoms with Gasteiger partial charge < -0.3 is 30.4 Å². The highest BCUT2D eigenvalue weighted by Crippen LogP contribution is 2.17. The molecule has 6 N–H and O–H groups in total. The van der Waals surface area contributed by atoms with Crippen molar-refractivity contribution in [1.82, 2.24) is 31.2 Å². The van der Waals surface area contributed by atoms with E-state index in [2.05, 4.69) is 26.6 Å². The number of fused-ring (bicyclic) bond motifs is 1. The van der Waals surface area contributed by atoms with Crippen LogP contribution in [0.2, 0.25) is 0 Å². The Kier molecular flexibility index (Phi) is 10.8. The standard InChI is InChI=1S/C34H36N6O6/c41-30-26-13-12-25(19-38-33-35-15-7-16-36-33)18-29(26)40(17-14-23-8-3-1-4-9-23)21-27(30)31(42)37-20-28(32(43)44)39-34(45)46-22-24-10-5-2-6-11-24/h1-13,15,18,21,28,33,35-36,38H,14,16-17,19-20,22H2,(H,37,42)(H,39,45)(H,43,44). The first-order chi connectivity index (χ1) is 22.4. The van der Waals surface area contributed by atoms with Crippen LogP contribution in [0.3, 0.4) is 0 Å². The van der Waals surface area contributed by atoms with Gasteiger partial charge in [0.1, 0.15) is 24.5 Å². The van der Waals surface area contributed by atoms with Crippen LogP contribution in [0.15, 0.2) is 102 Å². The van der Waals surface area contributed by atoms with Gasteiger partial charge in [-0.3, -0.25) is 20.2 Å². The van der Waals surface area contributed by atoms with Crippen molar-refractivity contribution in [3.63, 3.8) is 0 Å². The molecule has 5 rings (SSSR count). The Morgan fingerprint density at radius 2 is 1.72 bits per heavy atom. The summed E-state index contributed by atoms with van der Waals surface area (Å²) in [6.07, 6.45) is 4.98. The molecule has 238 valence electrons.